The zero-order valence-electron chi connectivity index (χ0n) is 13.5. The monoisotopic (exact) mass is 322 g/mol. The second kappa shape index (κ2) is 6.95. The zero-order chi connectivity index (χ0) is 16.9. The van der Waals surface area contributed by atoms with E-state index in [-0.39, 0.29) is 12.5 Å². The van der Waals surface area contributed by atoms with Crippen LogP contribution in [0.3, 0.4) is 0 Å². The number of ether oxygens (including phenoxy) is 1. The number of carbonyl (C=O) groups is 1. The molecule has 3 aromatic rings. The quantitative estimate of drug-likeness (QED) is 0.560. The zero-order valence-corrected chi connectivity index (χ0v) is 13.5. The number of aromatic nitrogens is 2. The van der Waals surface area contributed by atoms with E-state index in [1.807, 2.05) is 44.3 Å². The van der Waals surface area contributed by atoms with Crippen molar-refractivity contribution in [3.63, 3.8) is 0 Å². The van der Waals surface area contributed by atoms with Crippen molar-refractivity contribution in [1.29, 1.82) is 0 Å². The van der Waals surface area contributed by atoms with Crippen molar-refractivity contribution in [1.82, 2.24) is 15.4 Å². The molecule has 6 heteroatoms. The number of H-pyrrole nitrogens is 1. The Balaban J connectivity index is 1.56. The molecule has 6 nitrogen and oxygen atoms in total. The van der Waals surface area contributed by atoms with Crippen LogP contribution in [-0.2, 0) is 4.79 Å². The SMILES string of the molecule is Cc1cc(OCC(=O)NN=Cc2cccc3[nH]ccc23)cc(C)n1. The fourth-order valence-electron chi connectivity index (χ4n) is 2.46. The molecular formula is C18H18N4O2. The van der Waals surface area contributed by atoms with Crippen LogP contribution in [0.4, 0.5) is 0 Å². The highest BCUT2D eigenvalue weighted by atomic mass is 16.5. The van der Waals surface area contributed by atoms with Gasteiger partial charge in [-0.1, -0.05) is 12.1 Å². The molecule has 0 fully saturated rings. The predicted octanol–water partition coefficient (Wildman–Crippen LogP) is 2.71. The van der Waals surface area contributed by atoms with Crippen LogP contribution in [-0.4, -0.2) is 28.7 Å². The Bertz CT molecular complexity index is 879. The minimum absolute atomic E-state index is 0.103. The van der Waals surface area contributed by atoms with Crippen molar-refractivity contribution in [3.8, 4) is 5.75 Å². The molecule has 0 saturated carbocycles. The molecule has 1 amide bonds. The van der Waals surface area contributed by atoms with Gasteiger partial charge in [-0.25, -0.2) is 5.43 Å². The standard InChI is InChI=1S/C18H18N4O2/c1-12-8-15(9-13(2)21-12)24-11-18(23)22-20-10-14-4-3-5-17-16(14)6-7-19-17/h3-10,19H,11H2,1-2H3,(H,22,23). The van der Waals surface area contributed by atoms with E-state index in [1.54, 1.807) is 18.3 Å². The summed E-state index contributed by atoms with van der Waals surface area (Å²) in [5, 5.41) is 5.04. The van der Waals surface area contributed by atoms with Crippen molar-refractivity contribution in [2.24, 2.45) is 5.10 Å². The number of aromatic amines is 1. The van der Waals surface area contributed by atoms with E-state index < -0.39 is 0 Å². The number of carbonyl (C=O) groups excluding carboxylic acids is 1. The van der Waals surface area contributed by atoms with Crippen molar-refractivity contribution < 1.29 is 9.53 Å². The van der Waals surface area contributed by atoms with Gasteiger partial charge in [0.15, 0.2) is 6.61 Å². The summed E-state index contributed by atoms with van der Waals surface area (Å²) >= 11 is 0. The maximum atomic E-state index is 11.8. The first-order valence-electron chi connectivity index (χ1n) is 7.58. The van der Waals surface area contributed by atoms with Gasteiger partial charge in [0.25, 0.3) is 5.91 Å². The highest BCUT2D eigenvalue weighted by Gasteiger charge is 2.03. The van der Waals surface area contributed by atoms with Gasteiger partial charge in [-0.2, -0.15) is 5.10 Å². The molecule has 0 unspecified atom stereocenters. The lowest BCUT2D eigenvalue weighted by atomic mass is 10.1. The average Bonchev–Trinajstić information content (AvgIpc) is 3.01. The molecule has 0 bridgehead atoms. The highest BCUT2D eigenvalue weighted by molar-refractivity contribution is 5.98. The van der Waals surface area contributed by atoms with Crippen LogP contribution >= 0.6 is 0 Å². The number of hydrogen-bond acceptors (Lipinski definition) is 4. The molecule has 24 heavy (non-hydrogen) atoms. The lowest BCUT2D eigenvalue weighted by molar-refractivity contribution is -0.123. The number of nitrogens with zero attached hydrogens (tertiary/aromatic N) is 2. The normalized spacial score (nSPS) is 11.1. The molecule has 2 N–H and O–H groups in total. The summed E-state index contributed by atoms with van der Waals surface area (Å²) in [6.07, 6.45) is 3.49. The Labute approximate surface area is 139 Å². The van der Waals surface area contributed by atoms with E-state index in [1.165, 1.54) is 0 Å². The first-order valence-corrected chi connectivity index (χ1v) is 7.58. The number of hydrazone groups is 1. The number of benzene rings is 1. The topological polar surface area (TPSA) is 79.4 Å². The van der Waals surface area contributed by atoms with E-state index >= 15 is 0 Å². The summed E-state index contributed by atoms with van der Waals surface area (Å²) in [6.45, 7) is 3.66. The van der Waals surface area contributed by atoms with Crippen LogP contribution in [0.1, 0.15) is 17.0 Å². The molecule has 0 spiro atoms. The number of hydrogen-bond donors (Lipinski definition) is 2. The predicted molar refractivity (Wildman–Crippen MR) is 93.2 cm³/mol. The molecule has 0 radical (unpaired) electrons. The van der Waals surface area contributed by atoms with Gasteiger partial charge in [0.2, 0.25) is 0 Å². The maximum absolute atomic E-state index is 11.8. The summed E-state index contributed by atoms with van der Waals surface area (Å²) in [5.74, 6) is 0.302. The Kier molecular flexibility index (Phi) is 4.56. The summed E-state index contributed by atoms with van der Waals surface area (Å²) in [6, 6.07) is 11.4. The number of nitrogens with one attached hydrogen (secondary N) is 2. The third-order valence-electron chi connectivity index (χ3n) is 3.45. The van der Waals surface area contributed by atoms with Gasteiger partial charge in [0, 0.05) is 46.2 Å². The van der Waals surface area contributed by atoms with Gasteiger partial charge >= 0.3 is 0 Å². The second-order valence-electron chi connectivity index (χ2n) is 5.45. The van der Waals surface area contributed by atoms with Crippen molar-refractivity contribution in [2.45, 2.75) is 13.8 Å². The fraction of sp³-hybridized carbons (Fsp3) is 0.167. The molecule has 122 valence electrons. The molecule has 3 rings (SSSR count). The fourth-order valence-corrected chi connectivity index (χ4v) is 2.46. The van der Waals surface area contributed by atoms with Crippen LogP contribution in [0.25, 0.3) is 10.9 Å². The number of amides is 1. The lowest BCUT2D eigenvalue weighted by Crippen LogP contribution is -2.24. The van der Waals surface area contributed by atoms with E-state index in [2.05, 4.69) is 20.5 Å². The molecule has 0 saturated heterocycles. The minimum atomic E-state index is -0.320. The van der Waals surface area contributed by atoms with Crippen LogP contribution in [0.5, 0.6) is 5.75 Å². The molecule has 0 aliphatic rings. The van der Waals surface area contributed by atoms with Gasteiger partial charge in [-0.3, -0.25) is 9.78 Å². The van der Waals surface area contributed by atoms with Crippen LogP contribution < -0.4 is 10.2 Å². The largest absolute Gasteiger partial charge is 0.484 e. The van der Waals surface area contributed by atoms with Crippen molar-refractivity contribution in [3.05, 3.63) is 59.5 Å². The highest BCUT2D eigenvalue weighted by Crippen LogP contribution is 2.15. The third-order valence-corrected chi connectivity index (χ3v) is 3.45. The Morgan fingerprint density at radius 1 is 1.29 bits per heavy atom. The van der Waals surface area contributed by atoms with Gasteiger partial charge in [-0.15, -0.1) is 0 Å². The second-order valence-corrected chi connectivity index (χ2v) is 5.45. The summed E-state index contributed by atoms with van der Waals surface area (Å²) in [4.78, 5) is 19.2. The smallest absolute Gasteiger partial charge is 0.277 e. The van der Waals surface area contributed by atoms with E-state index in [0.29, 0.717) is 5.75 Å². The molecule has 2 aromatic heterocycles. The number of pyridine rings is 1. The van der Waals surface area contributed by atoms with Gasteiger partial charge < -0.3 is 9.72 Å². The van der Waals surface area contributed by atoms with E-state index in [4.69, 9.17) is 4.74 Å². The van der Waals surface area contributed by atoms with Gasteiger partial charge in [-0.05, 0) is 26.0 Å². The van der Waals surface area contributed by atoms with Crippen LogP contribution in [0.2, 0.25) is 0 Å². The van der Waals surface area contributed by atoms with E-state index in [0.717, 1.165) is 27.9 Å². The molecule has 0 atom stereocenters. The first kappa shape index (κ1) is 15.7. The molecule has 0 aliphatic carbocycles. The van der Waals surface area contributed by atoms with Gasteiger partial charge in [0.05, 0.1) is 6.21 Å². The summed E-state index contributed by atoms with van der Waals surface area (Å²) < 4.78 is 5.46. The number of fused-ring (bicyclic) bond motifs is 1. The van der Waals surface area contributed by atoms with Crippen LogP contribution in [0, 0.1) is 13.8 Å². The van der Waals surface area contributed by atoms with Gasteiger partial charge in [0.1, 0.15) is 5.75 Å². The van der Waals surface area contributed by atoms with Crippen LogP contribution in [0.15, 0.2) is 47.7 Å². The van der Waals surface area contributed by atoms with Crippen molar-refractivity contribution in [2.75, 3.05) is 6.61 Å². The average molecular weight is 322 g/mol. The molecule has 2 heterocycles. The lowest BCUT2D eigenvalue weighted by Gasteiger charge is -2.06. The molecule has 1 aromatic carbocycles. The molecule has 0 aliphatic heterocycles. The van der Waals surface area contributed by atoms with Crippen molar-refractivity contribution >= 4 is 23.0 Å². The Hall–Kier alpha value is -3.15. The third kappa shape index (κ3) is 3.78. The first-order chi connectivity index (χ1) is 11.6. The number of aryl methyl sites for hydroxylation is 2. The molecular weight excluding hydrogens is 304 g/mol. The maximum Gasteiger partial charge on any atom is 0.277 e. The Morgan fingerprint density at radius 3 is 2.88 bits per heavy atom. The summed E-state index contributed by atoms with van der Waals surface area (Å²) in [7, 11) is 0. The van der Waals surface area contributed by atoms with E-state index in [9.17, 15) is 4.79 Å². The summed E-state index contributed by atoms with van der Waals surface area (Å²) in [5.41, 5.74) is 6.12. The minimum Gasteiger partial charge on any atom is -0.484 e. The Morgan fingerprint density at radius 2 is 2.08 bits per heavy atom. The number of rotatable bonds is 5.